The van der Waals surface area contributed by atoms with Crippen LogP contribution in [0, 0.1) is 0 Å². The second-order valence-corrected chi connectivity index (χ2v) is 5.72. The molecule has 0 saturated heterocycles. The Balaban J connectivity index is 1.76. The highest BCUT2D eigenvalue weighted by Crippen LogP contribution is 2.49. The Morgan fingerprint density at radius 1 is 0.950 bits per heavy atom. The van der Waals surface area contributed by atoms with Gasteiger partial charge in [0.25, 0.3) is 0 Å². The Morgan fingerprint density at radius 2 is 1.55 bits per heavy atom. The molecule has 20 heavy (non-hydrogen) atoms. The van der Waals surface area contributed by atoms with Crippen molar-refractivity contribution in [2.24, 2.45) is 0 Å². The molecular formula is C19H20O. The van der Waals surface area contributed by atoms with Crippen LogP contribution >= 0.6 is 0 Å². The molecule has 0 N–H and O–H groups in total. The first-order valence-electron chi connectivity index (χ1n) is 7.41. The minimum Gasteiger partial charge on any atom is -0.298 e. The molecule has 1 heteroatoms. The summed E-state index contributed by atoms with van der Waals surface area (Å²) in [6, 6.07) is 18.7. The number of hydrogen-bond acceptors (Lipinski definition) is 1. The van der Waals surface area contributed by atoms with Gasteiger partial charge < -0.3 is 0 Å². The number of carbonyl (C=O) groups excluding carboxylic acids is 1. The number of aryl methyl sites for hydroxylation is 1. The number of ketones is 1. The van der Waals surface area contributed by atoms with Gasteiger partial charge in [0, 0.05) is 6.42 Å². The van der Waals surface area contributed by atoms with Gasteiger partial charge in [-0.25, -0.2) is 0 Å². The fraction of sp³-hybridized carbons (Fsp3) is 0.316. The van der Waals surface area contributed by atoms with E-state index in [2.05, 4.69) is 43.3 Å². The van der Waals surface area contributed by atoms with E-state index in [-0.39, 0.29) is 5.41 Å². The third kappa shape index (κ3) is 2.40. The van der Waals surface area contributed by atoms with Gasteiger partial charge in [0.2, 0.25) is 0 Å². The summed E-state index contributed by atoms with van der Waals surface area (Å²) in [6.07, 6.45) is 3.60. The summed E-state index contributed by atoms with van der Waals surface area (Å²) >= 11 is 0. The maximum atomic E-state index is 12.7. The third-order valence-corrected chi connectivity index (χ3v) is 4.41. The predicted molar refractivity (Wildman–Crippen MR) is 81.9 cm³/mol. The quantitative estimate of drug-likeness (QED) is 0.795. The lowest BCUT2D eigenvalue weighted by Crippen LogP contribution is -2.22. The lowest BCUT2D eigenvalue weighted by atomic mass is 9.88. The summed E-state index contributed by atoms with van der Waals surface area (Å²) in [5, 5.41) is 0. The van der Waals surface area contributed by atoms with E-state index in [1.807, 2.05) is 18.2 Å². The van der Waals surface area contributed by atoms with Gasteiger partial charge in [0.15, 0.2) is 0 Å². The lowest BCUT2D eigenvalue weighted by Gasteiger charge is -2.14. The van der Waals surface area contributed by atoms with Crippen molar-refractivity contribution in [3.63, 3.8) is 0 Å². The average Bonchev–Trinajstić information content (AvgIpc) is 3.31. The van der Waals surface area contributed by atoms with E-state index in [1.54, 1.807) is 0 Å². The molecule has 2 aromatic rings. The summed E-state index contributed by atoms with van der Waals surface area (Å²) in [6.45, 7) is 2.15. The molecule has 0 radical (unpaired) electrons. The second-order valence-electron chi connectivity index (χ2n) is 5.72. The van der Waals surface area contributed by atoms with Gasteiger partial charge in [-0.3, -0.25) is 4.79 Å². The van der Waals surface area contributed by atoms with E-state index in [0.29, 0.717) is 12.2 Å². The van der Waals surface area contributed by atoms with E-state index in [9.17, 15) is 4.79 Å². The van der Waals surface area contributed by atoms with Crippen molar-refractivity contribution >= 4 is 5.78 Å². The first kappa shape index (κ1) is 13.1. The van der Waals surface area contributed by atoms with Gasteiger partial charge >= 0.3 is 0 Å². The van der Waals surface area contributed by atoms with Gasteiger partial charge in [-0.1, -0.05) is 61.5 Å². The molecule has 0 amide bonds. The molecule has 3 rings (SSSR count). The highest BCUT2D eigenvalue weighted by atomic mass is 16.1. The fourth-order valence-corrected chi connectivity index (χ4v) is 2.86. The van der Waals surface area contributed by atoms with Gasteiger partial charge in [0.1, 0.15) is 5.78 Å². The molecule has 0 bridgehead atoms. The minimum atomic E-state index is -0.190. The Morgan fingerprint density at radius 3 is 2.10 bits per heavy atom. The number of hydrogen-bond donors (Lipinski definition) is 0. The van der Waals surface area contributed by atoms with Crippen LogP contribution in [0.2, 0.25) is 0 Å². The first-order valence-corrected chi connectivity index (χ1v) is 7.41. The first-order chi connectivity index (χ1) is 9.74. The smallest absolute Gasteiger partial charge is 0.147 e. The molecule has 1 fully saturated rings. The molecule has 0 atom stereocenters. The van der Waals surface area contributed by atoms with Crippen LogP contribution in [-0.2, 0) is 23.1 Å². The average molecular weight is 264 g/mol. The number of rotatable bonds is 5. The molecule has 0 heterocycles. The number of benzene rings is 2. The molecular weight excluding hydrogens is 244 g/mol. The zero-order valence-corrected chi connectivity index (χ0v) is 11.9. The molecule has 0 unspecified atom stereocenters. The largest absolute Gasteiger partial charge is 0.298 e. The van der Waals surface area contributed by atoms with Gasteiger partial charge in [0.05, 0.1) is 5.41 Å². The monoisotopic (exact) mass is 264 g/mol. The maximum Gasteiger partial charge on any atom is 0.147 e. The highest BCUT2D eigenvalue weighted by Gasteiger charge is 2.50. The topological polar surface area (TPSA) is 17.1 Å². The zero-order valence-electron chi connectivity index (χ0n) is 11.9. The molecule has 1 nitrogen and oxygen atoms in total. The van der Waals surface area contributed by atoms with E-state index in [1.165, 1.54) is 11.1 Å². The molecule has 1 saturated carbocycles. The second kappa shape index (κ2) is 5.24. The predicted octanol–water partition coefficient (Wildman–Crippen LogP) is 4.09. The summed E-state index contributed by atoms with van der Waals surface area (Å²) in [7, 11) is 0. The molecule has 0 spiro atoms. The van der Waals surface area contributed by atoms with Crippen LogP contribution in [0.4, 0.5) is 0 Å². The van der Waals surface area contributed by atoms with Crippen LogP contribution in [0.3, 0.4) is 0 Å². The molecule has 0 aliphatic heterocycles. The van der Waals surface area contributed by atoms with Crippen molar-refractivity contribution in [3.8, 4) is 0 Å². The van der Waals surface area contributed by atoms with E-state index in [0.717, 1.165) is 24.8 Å². The summed E-state index contributed by atoms with van der Waals surface area (Å²) in [5.41, 5.74) is 3.46. The number of Topliss-reactive ketones (excluding diaryl/α,β-unsaturated/α-hetero) is 1. The van der Waals surface area contributed by atoms with Crippen LogP contribution in [0.5, 0.6) is 0 Å². The Labute approximate surface area is 120 Å². The van der Waals surface area contributed by atoms with Crippen molar-refractivity contribution < 1.29 is 4.79 Å². The van der Waals surface area contributed by atoms with E-state index >= 15 is 0 Å². The van der Waals surface area contributed by atoms with Crippen LogP contribution in [0.1, 0.15) is 36.5 Å². The standard InChI is InChI=1S/C19H20O/c1-2-15-8-10-16(11-9-15)14-18(20)19(12-13-19)17-6-4-3-5-7-17/h3-11H,2,12-14H2,1H3. The van der Waals surface area contributed by atoms with Crippen molar-refractivity contribution in [1.82, 2.24) is 0 Å². The molecule has 102 valence electrons. The van der Waals surface area contributed by atoms with Gasteiger partial charge in [-0.15, -0.1) is 0 Å². The maximum absolute atomic E-state index is 12.7. The molecule has 2 aromatic carbocycles. The summed E-state index contributed by atoms with van der Waals surface area (Å²) in [5.74, 6) is 0.368. The summed E-state index contributed by atoms with van der Waals surface area (Å²) in [4.78, 5) is 12.7. The lowest BCUT2D eigenvalue weighted by molar-refractivity contribution is -0.120. The van der Waals surface area contributed by atoms with Gasteiger partial charge in [-0.2, -0.15) is 0 Å². The van der Waals surface area contributed by atoms with Crippen molar-refractivity contribution in [2.45, 2.75) is 38.0 Å². The van der Waals surface area contributed by atoms with Crippen LogP contribution < -0.4 is 0 Å². The van der Waals surface area contributed by atoms with Crippen LogP contribution in [0.15, 0.2) is 54.6 Å². The van der Waals surface area contributed by atoms with Crippen LogP contribution in [0.25, 0.3) is 0 Å². The molecule has 1 aliphatic carbocycles. The Bertz CT molecular complexity index is 591. The summed E-state index contributed by atoms with van der Waals surface area (Å²) < 4.78 is 0. The van der Waals surface area contributed by atoms with Crippen molar-refractivity contribution in [2.75, 3.05) is 0 Å². The Kier molecular flexibility index (Phi) is 3.43. The van der Waals surface area contributed by atoms with Gasteiger partial charge in [-0.05, 0) is 36.0 Å². The fourth-order valence-electron chi connectivity index (χ4n) is 2.86. The molecule has 1 aliphatic rings. The Hall–Kier alpha value is -1.89. The zero-order chi connectivity index (χ0) is 14.0. The normalized spacial score (nSPS) is 15.8. The van der Waals surface area contributed by atoms with E-state index in [4.69, 9.17) is 0 Å². The van der Waals surface area contributed by atoms with E-state index < -0.39 is 0 Å². The molecule has 0 aromatic heterocycles. The van der Waals surface area contributed by atoms with Crippen molar-refractivity contribution in [1.29, 1.82) is 0 Å². The van der Waals surface area contributed by atoms with Crippen molar-refractivity contribution in [3.05, 3.63) is 71.3 Å². The third-order valence-electron chi connectivity index (χ3n) is 4.41. The number of carbonyl (C=O) groups is 1. The van der Waals surface area contributed by atoms with Crippen LogP contribution in [-0.4, -0.2) is 5.78 Å². The highest BCUT2D eigenvalue weighted by molar-refractivity contribution is 5.94. The SMILES string of the molecule is CCc1ccc(CC(=O)C2(c3ccccc3)CC2)cc1. The minimum absolute atomic E-state index is 0.190.